The first-order valence-corrected chi connectivity index (χ1v) is 6.27. The Morgan fingerprint density at radius 2 is 1.74 bits per heavy atom. The molecule has 118 valence electrons. The molecule has 2 rings (SSSR count). The maximum absolute atomic E-state index is 11.2. The summed E-state index contributed by atoms with van der Waals surface area (Å²) in [6.45, 7) is 0. The molecule has 0 aliphatic heterocycles. The number of aromatic hydroxyl groups is 1. The van der Waals surface area contributed by atoms with E-state index < -0.39 is 10.6 Å². The van der Waals surface area contributed by atoms with Gasteiger partial charge in [-0.2, -0.15) is 0 Å². The van der Waals surface area contributed by atoms with Crippen LogP contribution in [0.25, 0.3) is 0 Å². The zero-order chi connectivity index (χ0) is 17.0. The number of carbonyl (C=O) groups excluding carboxylic acids is 2. The zero-order valence-electron chi connectivity index (χ0n) is 11.9. The lowest BCUT2D eigenvalue weighted by atomic mass is 10.1. The van der Waals surface area contributed by atoms with Crippen LogP contribution in [0, 0.1) is 10.1 Å². The minimum absolute atomic E-state index is 0.0340. The van der Waals surface area contributed by atoms with Gasteiger partial charge < -0.3 is 14.6 Å². The summed E-state index contributed by atoms with van der Waals surface area (Å²) >= 11 is 0. The third-order valence-corrected chi connectivity index (χ3v) is 2.94. The molecule has 0 aliphatic carbocycles. The van der Waals surface area contributed by atoms with Gasteiger partial charge in [0, 0.05) is 17.2 Å². The highest BCUT2D eigenvalue weighted by molar-refractivity contribution is 5.80. The van der Waals surface area contributed by atoms with Crippen molar-refractivity contribution in [3.05, 3.63) is 51.6 Å². The molecule has 0 unspecified atom stereocenters. The Kier molecular flexibility index (Phi) is 4.55. The lowest BCUT2D eigenvalue weighted by Crippen LogP contribution is -1.99. The number of aldehydes is 2. The molecule has 8 nitrogen and oxygen atoms in total. The van der Waals surface area contributed by atoms with Crippen molar-refractivity contribution in [1.29, 1.82) is 0 Å². The highest BCUT2D eigenvalue weighted by Gasteiger charge is 2.24. The van der Waals surface area contributed by atoms with E-state index in [0.29, 0.717) is 12.6 Å². The van der Waals surface area contributed by atoms with Crippen molar-refractivity contribution in [3.63, 3.8) is 0 Å². The second-order valence-electron chi connectivity index (χ2n) is 4.39. The van der Waals surface area contributed by atoms with E-state index in [2.05, 4.69) is 0 Å². The number of benzene rings is 2. The number of carbonyl (C=O) groups is 2. The molecule has 23 heavy (non-hydrogen) atoms. The van der Waals surface area contributed by atoms with Gasteiger partial charge in [0.05, 0.1) is 12.0 Å². The van der Waals surface area contributed by atoms with Crippen molar-refractivity contribution in [3.8, 4) is 23.0 Å². The maximum atomic E-state index is 11.2. The predicted molar refractivity (Wildman–Crippen MR) is 78.6 cm³/mol. The number of ether oxygens (including phenoxy) is 2. The number of phenolic OH excluding ortho intramolecular Hbond substituents is 1. The predicted octanol–water partition coefficient (Wildman–Crippen LogP) is 2.73. The van der Waals surface area contributed by atoms with Crippen LogP contribution in [0.15, 0.2) is 30.3 Å². The molecule has 1 N–H and O–H groups in total. The number of phenols is 1. The number of nitro benzene ring substituents is 1. The zero-order valence-corrected chi connectivity index (χ0v) is 11.9. The van der Waals surface area contributed by atoms with Crippen LogP contribution in [0.4, 0.5) is 5.69 Å². The molecule has 0 aliphatic rings. The molecule has 0 saturated heterocycles. The molecule has 0 spiro atoms. The first-order valence-electron chi connectivity index (χ1n) is 6.27. The van der Waals surface area contributed by atoms with Gasteiger partial charge in [0.2, 0.25) is 5.75 Å². The normalized spacial score (nSPS) is 9.96. The molecule has 0 heterocycles. The molecule has 0 amide bonds. The Balaban J connectivity index is 2.60. The van der Waals surface area contributed by atoms with Crippen LogP contribution in [0.2, 0.25) is 0 Å². The van der Waals surface area contributed by atoms with Crippen LogP contribution in [0.3, 0.4) is 0 Å². The Labute approximate surface area is 130 Å². The Hall–Kier alpha value is -3.42. The third kappa shape index (κ3) is 3.26. The molecular weight excluding hydrogens is 306 g/mol. The number of hydrogen-bond donors (Lipinski definition) is 1. The second-order valence-corrected chi connectivity index (χ2v) is 4.39. The van der Waals surface area contributed by atoms with Gasteiger partial charge in [-0.1, -0.05) is 0 Å². The molecule has 0 fully saturated rings. The summed E-state index contributed by atoms with van der Waals surface area (Å²) in [6, 6.07) is 6.08. The van der Waals surface area contributed by atoms with E-state index >= 15 is 0 Å². The van der Waals surface area contributed by atoms with Crippen LogP contribution in [0.1, 0.15) is 20.7 Å². The van der Waals surface area contributed by atoms with Gasteiger partial charge in [-0.15, -0.1) is 0 Å². The van der Waals surface area contributed by atoms with Crippen molar-refractivity contribution in [2.24, 2.45) is 0 Å². The maximum Gasteiger partial charge on any atom is 0.316 e. The van der Waals surface area contributed by atoms with Crippen LogP contribution in [-0.4, -0.2) is 29.7 Å². The molecule has 0 atom stereocenters. The fourth-order valence-corrected chi connectivity index (χ4v) is 1.86. The molecule has 0 bridgehead atoms. The summed E-state index contributed by atoms with van der Waals surface area (Å²) in [5.41, 5.74) is -0.266. The van der Waals surface area contributed by atoms with Gasteiger partial charge in [0.15, 0.2) is 17.2 Å². The van der Waals surface area contributed by atoms with Crippen molar-refractivity contribution in [1.82, 2.24) is 0 Å². The Morgan fingerprint density at radius 1 is 1.09 bits per heavy atom. The standard InChI is InChI=1S/C15H11NO7/c1-22-14-6-10(8-18)4-11(16(20)21)15(14)23-13-5-9(7-17)2-3-12(13)19/h2-8,19H,1H3. The van der Waals surface area contributed by atoms with E-state index in [9.17, 15) is 24.8 Å². The fourth-order valence-electron chi connectivity index (χ4n) is 1.86. The van der Waals surface area contributed by atoms with Crippen molar-refractivity contribution in [2.75, 3.05) is 7.11 Å². The van der Waals surface area contributed by atoms with Gasteiger partial charge in [-0.25, -0.2) is 0 Å². The summed E-state index contributed by atoms with van der Waals surface area (Å²) in [6.07, 6.45) is 0.969. The molecule has 0 aromatic heterocycles. The third-order valence-electron chi connectivity index (χ3n) is 2.94. The molecule has 8 heteroatoms. The highest BCUT2D eigenvalue weighted by Crippen LogP contribution is 2.43. The summed E-state index contributed by atoms with van der Waals surface area (Å²) in [5.74, 6) is -0.820. The van der Waals surface area contributed by atoms with E-state index in [0.717, 1.165) is 6.07 Å². The molecule has 0 saturated carbocycles. The van der Waals surface area contributed by atoms with E-state index in [-0.39, 0.29) is 34.1 Å². The summed E-state index contributed by atoms with van der Waals surface area (Å²) in [4.78, 5) is 32.1. The quantitative estimate of drug-likeness (QED) is 0.494. The average molecular weight is 317 g/mol. The lowest BCUT2D eigenvalue weighted by molar-refractivity contribution is -0.385. The average Bonchev–Trinajstić information content (AvgIpc) is 2.56. The minimum atomic E-state index is -0.745. The minimum Gasteiger partial charge on any atom is -0.504 e. The van der Waals surface area contributed by atoms with E-state index in [1.807, 2.05) is 0 Å². The van der Waals surface area contributed by atoms with E-state index in [1.165, 1.54) is 31.4 Å². The molecule has 0 radical (unpaired) electrons. The number of nitro groups is 1. The summed E-state index contributed by atoms with van der Waals surface area (Å²) in [7, 11) is 1.25. The van der Waals surface area contributed by atoms with Gasteiger partial charge in [0.1, 0.15) is 12.6 Å². The first kappa shape index (κ1) is 16.0. The van der Waals surface area contributed by atoms with Crippen molar-refractivity contribution < 1.29 is 29.1 Å². The number of rotatable bonds is 6. The monoisotopic (exact) mass is 317 g/mol. The van der Waals surface area contributed by atoms with Gasteiger partial charge in [0.25, 0.3) is 0 Å². The summed E-state index contributed by atoms with van der Waals surface area (Å²) < 4.78 is 10.4. The highest BCUT2D eigenvalue weighted by atomic mass is 16.6. The lowest BCUT2D eigenvalue weighted by Gasteiger charge is -2.12. The van der Waals surface area contributed by atoms with Crippen molar-refractivity contribution >= 4 is 18.3 Å². The number of methoxy groups -OCH3 is 1. The van der Waals surface area contributed by atoms with Crippen LogP contribution in [-0.2, 0) is 0 Å². The molecule has 2 aromatic carbocycles. The van der Waals surface area contributed by atoms with Gasteiger partial charge in [-0.3, -0.25) is 19.7 Å². The Morgan fingerprint density at radius 3 is 2.30 bits per heavy atom. The first-order chi connectivity index (χ1) is 11.0. The molecular formula is C15H11NO7. The number of hydrogen-bond acceptors (Lipinski definition) is 7. The topological polar surface area (TPSA) is 116 Å². The number of nitrogens with zero attached hydrogens (tertiary/aromatic N) is 1. The van der Waals surface area contributed by atoms with Crippen LogP contribution in [0.5, 0.6) is 23.0 Å². The summed E-state index contributed by atoms with van der Waals surface area (Å²) in [5, 5.41) is 21.0. The molecule has 2 aromatic rings. The van der Waals surface area contributed by atoms with Gasteiger partial charge >= 0.3 is 5.69 Å². The second kappa shape index (κ2) is 6.56. The van der Waals surface area contributed by atoms with E-state index in [1.54, 1.807) is 0 Å². The smallest absolute Gasteiger partial charge is 0.316 e. The van der Waals surface area contributed by atoms with Crippen LogP contribution >= 0.6 is 0 Å². The van der Waals surface area contributed by atoms with E-state index in [4.69, 9.17) is 9.47 Å². The largest absolute Gasteiger partial charge is 0.504 e. The van der Waals surface area contributed by atoms with Crippen LogP contribution < -0.4 is 9.47 Å². The van der Waals surface area contributed by atoms with Crippen molar-refractivity contribution in [2.45, 2.75) is 0 Å². The Bertz CT molecular complexity index is 786. The SMILES string of the molecule is COc1cc(C=O)cc([N+](=O)[O-])c1Oc1cc(C=O)ccc1O. The fraction of sp³-hybridized carbons (Fsp3) is 0.0667. The van der Waals surface area contributed by atoms with Gasteiger partial charge in [-0.05, 0) is 24.3 Å².